The van der Waals surface area contributed by atoms with Gasteiger partial charge in [0.25, 0.3) is 0 Å². The number of nitrogens with one attached hydrogen (secondary N) is 1. The van der Waals surface area contributed by atoms with Gasteiger partial charge in [-0.1, -0.05) is 18.2 Å². The van der Waals surface area contributed by atoms with Crippen molar-refractivity contribution in [1.29, 1.82) is 0 Å². The molecule has 1 N–H and O–H groups in total. The summed E-state index contributed by atoms with van der Waals surface area (Å²) in [5.41, 5.74) is 1.33. The molecular formula is C15H13BrFNO2. The molecule has 0 bridgehead atoms. The van der Waals surface area contributed by atoms with Gasteiger partial charge in [0.05, 0.1) is 19.2 Å². The van der Waals surface area contributed by atoms with Gasteiger partial charge in [0.15, 0.2) is 0 Å². The van der Waals surface area contributed by atoms with Crippen molar-refractivity contribution in [3.8, 4) is 5.75 Å². The van der Waals surface area contributed by atoms with Crippen molar-refractivity contribution < 1.29 is 13.9 Å². The molecule has 0 heterocycles. The van der Waals surface area contributed by atoms with Gasteiger partial charge in [-0.2, -0.15) is 0 Å². The lowest BCUT2D eigenvalue weighted by Crippen LogP contribution is -2.15. The van der Waals surface area contributed by atoms with Gasteiger partial charge in [-0.25, -0.2) is 4.39 Å². The van der Waals surface area contributed by atoms with Gasteiger partial charge in [-0.15, -0.1) is 0 Å². The van der Waals surface area contributed by atoms with Crippen molar-refractivity contribution in [3.05, 3.63) is 58.3 Å². The lowest BCUT2D eigenvalue weighted by atomic mass is 10.1. The predicted octanol–water partition coefficient (Wildman–Crippen LogP) is 3.78. The van der Waals surface area contributed by atoms with Gasteiger partial charge < -0.3 is 10.1 Å². The summed E-state index contributed by atoms with van der Waals surface area (Å²) in [5, 5.41) is 2.73. The number of hydrogen-bond acceptors (Lipinski definition) is 2. The second-order valence-corrected chi connectivity index (χ2v) is 5.02. The number of anilines is 1. The lowest BCUT2D eigenvalue weighted by Gasteiger charge is -2.10. The molecule has 0 radical (unpaired) electrons. The van der Waals surface area contributed by atoms with E-state index in [4.69, 9.17) is 4.74 Å². The first-order chi connectivity index (χ1) is 9.60. The fraction of sp³-hybridized carbons (Fsp3) is 0.133. The number of halogens is 2. The second-order valence-electron chi connectivity index (χ2n) is 4.16. The Morgan fingerprint density at radius 2 is 2.05 bits per heavy atom. The number of rotatable bonds is 4. The summed E-state index contributed by atoms with van der Waals surface area (Å²) in [6, 6.07) is 11.4. The fourth-order valence-corrected chi connectivity index (χ4v) is 2.26. The molecule has 0 fully saturated rings. The highest BCUT2D eigenvalue weighted by molar-refractivity contribution is 9.10. The summed E-state index contributed by atoms with van der Waals surface area (Å²) < 4.78 is 18.7. The highest BCUT2D eigenvalue weighted by Gasteiger charge is 2.10. The normalized spacial score (nSPS) is 10.2. The average Bonchev–Trinajstić information content (AvgIpc) is 2.42. The molecule has 0 unspecified atom stereocenters. The van der Waals surface area contributed by atoms with E-state index in [1.165, 1.54) is 18.2 Å². The zero-order chi connectivity index (χ0) is 14.5. The van der Waals surface area contributed by atoms with E-state index < -0.39 is 0 Å². The monoisotopic (exact) mass is 337 g/mol. The Hall–Kier alpha value is -1.88. The molecule has 0 spiro atoms. The third-order valence-corrected chi connectivity index (χ3v) is 3.40. The zero-order valence-corrected chi connectivity index (χ0v) is 12.4. The first-order valence-corrected chi connectivity index (χ1v) is 6.76. The Morgan fingerprint density at radius 3 is 2.75 bits per heavy atom. The highest BCUT2D eigenvalue weighted by Crippen LogP contribution is 2.24. The quantitative estimate of drug-likeness (QED) is 0.921. The smallest absolute Gasteiger partial charge is 0.228 e. The van der Waals surface area contributed by atoms with Crippen LogP contribution in [0, 0.1) is 5.82 Å². The van der Waals surface area contributed by atoms with Crippen molar-refractivity contribution in [2.75, 3.05) is 12.4 Å². The second kappa shape index (κ2) is 6.52. The van der Waals surface area contributed by atoms with E-state index in [1.54, 1.807) is 13.2 Å². The molecule has 0 aliphatic rings. The number of amides is 1. The van der Waals surface area contributed by atoms with Crippen LogP contribution in [-0.4, -0.2) is 13.0 Å². The zero-order valence-electron chi connectivity index (χ0n) is 10.8. The molecule has 20 heavy (non-hydrogen) atoms. The number of carbonyl (C=O) groups excluding carboxylic acids is 1. The Bertz CT molecular complexity index is 631. The van der Waals surface area contributed by atoms with E-state index in [0.29, 0.717) is 15.9 Å². The molecule has 0 aliphatic heterocycles. The highest BCUT2D eigenvalue weighted by atomic mass is 79.9. The molecule has 0 saturated carbocycles. The average molecular weight is 338 g/mol. The van der Waals surface area contributed by atoms with E-state index in [2.05, 4.69) is 21.2 Å². The molecule has 5 heteroatoms. The molecule has 3 nitrogen and oxygen atoms in total. The SMILES string of the molecule is COc1ccccc1CC(=O)Nc1ccc(F)cc1Br. The minimum Gasteiger partial charge on any atom is -0.496 e. The van der Waals surface area contributed by atoms with Crippen LogP contribution in [0.2, 0.25) is 0 Å². The molecule has 0 aliphatic carbocycles. The van der Waals surface area contributed by atoms with Gasteiger partial charge in [0, 0.05) is 10.0 Å². The van der Waals surface area contributed by atoms with Gasteiger partial charge >= 0.3 is 0 Å². The van der Waals surface area contributed by atoms with Crippen molar-refractivity contribution in [2.45, 2.75) is 6.42 Å². The van der Waals surface area contributed by atoms with Gasteiger partial charge in [-0.3, -0.25) is 4.79 Å². The third kappa shape index (κ3) is 3.57. The molecule has 1 amide bonds. The summed E-state index contributed by atoms with van der Waals surface area (Å²) in [7, 11) is 1.56. The molecule has 2 aromatic rings. The molecule has 104 valence electrons. The number of hydrogen-bond donors (Lipinski definition) is 1. The molecule has 2 rings (SSSR count). The van der Waals surface area contributed by atoms with Crippen molar-refractivity contribution in [1.82, 2.24) is 0 Å². The maximum absolute atomic E-state index is 13.0. The van der Waals surface area contributed by atoms with Crippen LogP contribution in [0.3, 0.4) is 0 Å². The topological polar surface area (TPSA) is 38.3 Å². The fourth-order valence-electron chi connectivity index (χ4n) is 1.81. The Labute approximate surface area is 124 Å². The standard InChI is InChI=1S/C15H13BrFNO2/c1-20-14-5-3-2-4-10(14)8-15(19)18-13-7-6-11(17)9-12(13)16/h2-7,9H,8H2,1H3,(H,18,19). The third-order valence-electron chi connectivity index (χ3n) is 2.75. The largest absolute Gasteiger partial charge is 0.496 e. The van der Waals surface area contributed by atoms with Crippen LogP contribution in [-0.2, 0) is 11.2 Å². The number of methoxy groups -OCH3 is 1. The minimum absolute atomic E-state index is 0.188. The molecular weight excluding hydrogens is 325 g/mol. The Morgan fingerprint density at radius 1 is 1.30 bits per heavy atom. The molecule has 0 atom stereocenters. The number of benzene rings is 2. The van der Waals surface area contributed by atoms with Gasteiger partial charge in [-0.05, 0) is 40.2 Å². The van der Waals surface area contributed by atoms with Crippen LogP contribution in [0.1, 0.15) is 5.56 Å². The van der Waals surface area contributed by atoms with Gasteiger partial charge in [0.2, 0.25) is 5.91 Å². The van der Waals surface area contributed by atoms with E-state index in [-0.39, 0.29) is 18.1 Å². The first kappa shape index (κ1) is 14.5. The van der Waals surface area contributed by atoms with Gasteiger partial charge in [0.1, 0.15) is 11.6 Å². The van der Waals surface area contributed by atoms with E-state index in [9.17, 15) is 9.18 Å². The molecule has 2 aromatic carbocycles. The van der Waals surface area contributed by atoms with E-state index >= 15 is 0 Å². The minimum atomic E-state index is -0.361. The van der Waals surface area contributed by atoms with Crippen LogP contribution >= 0.6 is 15.9 Å². The van der Waals surface area contributed by atoms with Crippen LogP contribution in [0.5, 0.6) is 5.75 Å². The summed E-state index contributed by atoms with van der Waals surface area (Å²) >= 11 is 3.21. The van der Waals surface area contributed by atoms with Crippen LogP contribution in [0.25, 0.3) is 0 Å². The summed E-state index contributed by atoms with van der Waals surface area (Å²) in [5.74, 6) is 0.113. The summed E-state index contributed by atoms with van der Waals surface area (Å²) in [6.45, 7) is 0. The lowest BCUT2D eigenvalue weighted by molar-refractivity contribution is -0.115. The van der Waals surface area contributed by atoms with E-state index in [1.807, 2.05) is 18.2 Å². The van der Waals surface area contributed by atoms with E-state index in [0.717, 1.165) is 5.56 Å². The maximum atomic E-state index is 13.0. The van der Waals surface area contributed by atoms with Crippen molar-refractivity contribution >= 4 is 27.5 Å². The number of carbonyl (C=O) groups is 1. The maximum Gasteiger partial charge on any atom is 0.228 e. The number of ether oxygens (including phenoxy) is 1. The summed E-state index contributed by atoms with van der Waals surface area (Å²) in [4.78, 5) is 12.0. The summed E-state index contributed by atoms with van der Waals surface area (Å²) in [6.07, 6.45) is 0.188. The van der Waals surface area contributed by atoms with Crippen LogP contribution in [0.15, 0.2) is 46.9 Å². The molecule has 0 saturated heterocycles. The Kier molecular flexibility index (Phi) is 4.74. The Balaban J connectivity index is 2.09. The molecule has 0 aromatic heterocycles. The van der Waals surface area contributed by atoms with Crippen LogP contribution in [0.4, 0.5) is 10.1 Å². The van der Waals surface area contributed by atoms with Crippen molar-refractivity contribution in [2.24, 2.45) is 0 Å². The first-order valence-electron chi connectivity index (χ1n) is 5.97. The van der Waals surface area contributed by atoms with Crippen LogP contribution < -0.4 is 10.1 Å². The van der Waals surface area contributed by atoms with Crippen molar-refractivity contribution in [3.63, 3.8) is 0 Å². The number of para-hydroxylation sites is 1. The predicted molar refractivity (Wildman–Crippen MR) is 79.4 cm³/mol.